The van der Waals surface area contributed by atoms with E-state index in [4.69, 9.17) is 0 Å². The van der Waals surface area contributed by atoms with Crippen molar-refractivity contribution in [2.45, 2.75) is 13.8 Å². The molecule has 2 aromatic carbocycles. The zero-order valence-electron chi connectivity index (χ0n) is 13.7. The number of carbonyl (C=O) groups excluding carboxylic acids is 3. The molecule has 0 fully saturated rings. The number of hydrogen-bond donors (Lipinski definition) is 1. The van der Waals surface area contributed by atoms with Crippen molar-refractivity contribution in [3.05, 3.63) is 59.7 Å². The van der Waals surface area contributed by atoms with Gasteiger partial charge in [0.15, 0.2) is 17.4 Å². The summed E-state index contributed by atoms with van der Waals surface area (Å²) in [5.41, 5.74) is 1.03. The predicted octanol–water partition coefficient (Wildman–Crippen LogP) is 3.16. The monoisotopic (exact) mass is 346 g/mol. The molecule has 5 nitrogen and oxygen atoms in total. The zero-order valence-corrected chi connectivity index (χ0v) is 13.7. The molecule has 0 aliphatic heterocycles. The second kappa shape index (κ2) is 7.65. The lowest BCUT2D eigenvalue weighted by Gasteiger charge is -2.21. The summed E-state index contributed by atoms with van der Waals surface area (Å²) in [4.78, 5) is 36.1. The quantitative estimate of drug-likeness (QED) is 0.846. The van der Waals surface area contributed by atoms with Crippen LogP contribution in [0.1, 0.15) is 24.2 Å². The summed E-state index contributed by atoms with van der Waals surface area (Å²) in [7, 11) is 0. The normalized spacial score (nSPS) is 10.2. The first-order valence-electron chi connectivity index (χ1n) is 7.42. The Bertz CT molecular complexity index is 820. The first-order chi connectivity index (χ1) is 11.8. The number of nitrogens with zero attached hydrogens (tertiary/aromatic N) is 1. The van der Waals surface area contributed by atoms with Crippen LogP contribution < -0.4 is 10.2 Å². The molecule has 0 unspecified atom stereocenters. The molecule has 2 rings (SSSR count). The van der Waals surface area contributed by atoms with Crippen molar-refractivity contribution in [2.75, 3.05) is 16.8 Å². The summed E-state index contributed by atoms with van der Waals surface area (Å²) in [6.07, 6.45) is 0. The number of rotatable bonds is 5. The van der Waals surface area contributed by atoms with Crippen LogP contribution >= 0.6 is 0 Å². The van der Waals surface area contributed by atoms with Crippen molar-refractivity contribution in [3.8, 4) is 0 Å². The van der Waals surface area contributed by atoms with Crippen LogP contribution in [0, 0.1) is 11.6 Å². The maximum atomic E-state index is 13.3. The highest BCUT2D eigenvalue weighted by Gasteiger charge is 2.17. The Kier molecular flexibility index (Phi) is 5.59. The van der Waals surface area contributed by atoms with Gasteiger partial charge in [-0.25, -0.2) is 8.78 Å². The summed E-state index contributed by atoms with van der Waals surface area (Å²) >= 11 is 0. The molecular formula is C18H16F2N2O3. The van der Waals surface area contributed by atoms with E-state index in [1.54, 1.807) is 24.3 Å². The van der Waals surface area contributed by atoms with Crippen molar-refractivity contribution in [1.82, 2.24) is 0 Å². The number of anilines is 2. The third-order valence-electron chi connectivity index (χ3n) is 3.47. The Morgan fingerprint density at radius 1 is 0.960 bits per heavy atom. The van der Waals surface area contributed by atoms with Gasteiger partial charge in [-0.3, -0.25) is 14.4 Å². The number of hydrogen-bond acceptors (Lipinski definition) is 3. The fourth-order valence-corrected chi connectivity index (χ4v) is 2.17. The Balaban J connectivity index is 2.11. The highest BCUT2D eigenvalue weighted by molar-refractivity contribution is 6.02. The molecule has 0 radical (unpaired) electrons. The minimum Gasteiger partial charge on any atom is -0.325 e. The molecule has 25 heavy (non-hydrogen) atoms. The van der Waals surface area contributed by atoms with E-state index in [1.165, 1.54) is 19.9 Å². The number of benzene rings is 2. The minimum atomic E-state index is -1.11. The van der Waals surface area contributed by atoms with Crippen LogP contribution in [0.3, 0.4) is 0 Å². The van der Waals surface area contributed by atoms with E-state index in [9.17, 15) is 23.2 Å². The Hall–Kier alpha value is -3.09. The van der Waals surface area contributed by atoms with Crippen LogP contribution in [0.5, 0.6) is 0 Å². The van der Waals surface area contributed by atoms with E-state index < -0.39 is 23.4 Å². The fourth-order valence-electron chi connectivity index (χ4n) is 2.17. The lowest BCUT2D eigenvalue weighted by molar-refractivity contribution is -0.120. The SMILES string of the molecule is CC(=O)c1ccc(NC(=O)CN(C(C)=O)c2ccc(F)c(F)c2)cc1. The molecular weight excluding hydrogens is 330 g/mol. The highest BCUT2D eigenvalue weighted by Crippen LogP contribution is 2.18. The highest BCUT2D eigenvalue weighted by atomic mass is 19.2. The van der Waals surface area contributed by atoms with Crippen LogP contribution in [-0.2, 0) is 9.59 Å². The van der Waals surface area contributed by atoms with E-state index in [1.807, 2.05) is 0 Å². The maximum absolute atomic E-state index is 13.3. The second-order valence-corrected chi connectivity index (χ2v) is 5.39. The van der Waals surface area contributed by atoms with Crippen LogP contribution in [-0.4, -0.2) is 24.1 Å². The van der Waals surface area contributed by atoms with Crippen molar-refractivity contribution < 1.29 is 23.2 Å². The van der Waals surface area contributed by atoms with Crippen molar-refractivity contribution >= 4 is 29.0 Å². The van der Waals surface area contributed by atoms with Gasteiger partial charge in [0.05, 0.1) is 0 Å². The average Bonchev–Trinajstić information content (AvgIpc) is 2.55. The molecule has 0 saturated carbocycles. The van der Waals surface area contributed by atoms with Gasteiger partial charge >= 0.3 is 0 Å². The molecule has 1 N–H and O–H groups in total. The van der Waals surface area contributed by atoms with E-state index in [0.717, 1.165) is 17.0 Å². The fraction of sp³-hybridized carbons (Fsp3) is 0.167. The van der Waals surface area contributed by atoms with E-state index in [2.05, 4.69) is 5.32 Å². The Morgan fingerprint density at radius 2 is 1.60 bits per heavy atom. The molecule has 0 spiro atoms. The van der Waals surface area contributed by atoms with Crippen LogP contribution in [0.25, 0.3) is 0 Å². The van der Waals surface area contributed by atoms with Gasteiger partial charge in [-0.15, -0.1) is 0 Å². The molecule has 0 aliphatic carbocycles. The van der Waals surface area contributed by atoms with Gasteiger partial charge in [0, 0.05) is 29.9 Å². The smallest absolute Gasteiger partial charge is 0.244 e. The molecule has 0 aromatic heterocycles. The molecule has 130 valence electrons. The average molecular weight is 346 g/mol. The first kappa shape index (κ1) is 18.3. The van der Waals surface area contributed by atoms with E-state index >= 15 is 0 Å². The zero-order chi connectivity index (χ0) is 18.6. The van der Waals surface area contributed by atoms with Crippen molar-refractivity contribution in [3.63, 3.8) is 0 Å². The van der Waals surface area contributed by atoms with Gasteiger partial charge in [0.25, 0.3) is 0 Å². The summed E-state index contributed by atoms with van der Waals surface area (Å²) in [5.74, 6) is -3.26. The number of amides is 2. The number of nitrogens with one attached hydrogen (secondary N) is 1. The second-order valence-electron chi connectivity index (χ2n) is 5.39. The Morgan fingerprint density at radius 3 is 2.12 bits per heavy atom. The van der Waals surface area contributed by atoms with Crippen molar-refractivity contribution in [1.29, 1.82) is 0 Å². The summed E-state index contributed by atoms with van der Waals surface area (Å²) in [6.45, 7) is 2.28. The van der Waals surface area contributed by atoms with Crippen LogP contribution in [0.15, 0.2) is 42.5 Å². The number of halogens is 2. The molecule has 0 saturated heterocycles. The molecule has 0 bridgehead atoms. The standard InChI is InChI=1S/C18H16F2N2O3/c1-11(23)13-3-5-14(6-4-13)21-18(25)10-22(12(2)24)15-7-8-16(19)17(20)9-15/h3-9H,10H2,1-2H3,(H,21,25). The number of ketones is 1. The first-order valence-corrected chi connectivity index (χ1v) is 7.42. The third kappa shape index (κ3) is 4.69. The summed E-state index contributed by atoms with van der Waals surface area (Å²) < 4.78 is 26.4. The number of Topliss-reactive ketones (excluding diaryl/α,β-unsaturated/α-hetero) is 1. The van der Waals surface area contributed by atoms with Gasteiger partial charge < -0.3 is 10.2 Å². The van der Waals surface area contributed by atoms with E-state index in [-0.39, 0.29) is 18.0 Å². The minimum absolute atomic E-state index is 0.0773. The molecule has 0 atom stereocenters. The topological polar surface area (TPSA) is 66.5 Å². The lowest BCUT2D eigenvalue weighted by Crippen LogP contribution is -2.36. The van der Waals surface area contributed by atoms with Crippen LogP contribution in [0.2, 0.25) is 0 Å². The number of carbonyl (C=O) groups is 3. The largest absolute Gasteiger partial charge is 0.325 e. The lowest BCUT2D eigenvalue weighted by atomic mass is 10.1. The van der Waals surface area contributed by atoms with Gasteiger partial charge in [-0.2, -0.15) is 0 Å². The molecule has 0 heterocycles. The third-order valence-corrected chi connectivity index (χ3v) is 3.47. The summed E-state index contributed by atoms with van der Waals surface area (Å²) in [5, 5.41) is 2.58. The van der Waals surface area contributed by atoms with Gasteiger partial charge in [0.1, 0.15) is 6.54 Å². The van der Waals surface area contributed by atoms with Gasteiger partial charge in [0.2, 0.25) is 11.8 Å². The molecule has 0 aliphatic rings. The van der Waals surface area contributed by atoms with Crippen molar-refractivity contribution in [2.24, 2.45) is 0 Å². The van der Waals surface area contributed by atoms with E-state index in [0.29, 0.717) is 11.3 Å². The molecule has 2 amide bonds. The van der Waals surface area contributed by atoms with Crippen LogP contribution in [0.4, 0.5) is 20.2 Å². The maximum Gasteiger partial charge on any atom is 0.244 e. The van der Waals surface area contributed by atoms with Gasteiger partial charge in [-0.1, -0.05) is 0 Å². The summed E-state index contributed by atoms with van der Waals surface area (Å²) in [6, 6.07) is 9.21. The molecule has 2 aromatic rings. The van der Waals surface area contributed by atoms with Gasteiger partial charge in [-0.05, 0) is 43.3 Å². The molecule has 7 heteroatoms. The predicted molar refractivity (Wildman–Crippen MR) is 89.5 cm³/mol. The Labute approximate surface area is 143 Å².